The van der Waals surface area contributed by atoms with E-state index in [0.717, 1.165) is 4.90 Å². The lowest BCUT2D eigenvalue weighted by Crippen LogP contribution is -2.35. The summed E-state index contributed by atoms with van der Waals surface area (Å²) in [6, 6.07) is 9.86. The number of methoxy groups -OCH3 is 1. The summed E-state index contributed by atoms with van der Waals surface area (Å²) in [5.41, 5.74) is 0.969. The van der Waals surface area contributed by atoms with Crippen LogP contribution in [0.4, 0.5) is 11.4 Å². The third kappa shape index (κ3) is 3.34. The summed E-state index contributed by atoms with van der Waals surface area (Å²) < 4.78 is 5.22. The molecule has 3 rings (SSSR count). The number of rotatable bonds is 5. The van der Waals surface area contributed by atoms with Crippen molar-refractivity contribution in [3.8, 4) is 5.75 Å². The predicted molar refractivity (Wildman–Crippen MR) is 95.9 cm³/mol. The summed E-state index contributed by atoms with van der Waals surface area (Å²) in [7, 11) is 1.44. The molecule has 1 atom stereocenters. The SMILES string of the molecule is COc1ccc(Cl)cc1N1C(=O)CC(Nc2ccc(C(=O)O)cc2)C1=O. The van der Waals surface area contributed by atoms with Gasteiger partial charge in [0.25, 0.3) is 5.91 Å². The van der Waals surface area contributed by atoms with Gasteiger partial charge in [0.2, 0.25) is 5.91 Å². The van der Waals surface area contributed by atoms with Gasteiger partial charge in [0.05, 0.1) is 24.8 Å². The Morgan fingerprint density at radius 2 is 1.92 bits per heavy atom. The summed E-state index contributed by atoms with van der Waals surface area (Å²) in [6.45, 7) is 0. The van der Waals surface area contributed by atoms with Gasteiger partial charge in [-0.3, -0.25) is 9.59 Å². The zero-order valence-electron chi connectivity index (χ0n) is 13.7. The van der Waals surface area contributed by atoms with E-state index in [4.69, 9.17) is 21.4 Å². The average molecular weight is 375 g/mol. The number of hydrogen-bond acceptors (Lipinski definition) is 5. The van der Waals surface area contributed by atoms with E-state index in [1.54, 1.807) is 24.3 Å². The highest BCUT2D eigenvalue weighted by Crippen LogP contribution is 2.35. The molecule has 0 aliphatic carbocycles. The Morgan fingerprint density at radius 3 is 2.54 bits per heavy atom. The first-order valence-corrected chi connectivity index (χ1v) is 8.08. The van der Waals surface area contributed by atoms with Crippen LogP contribution in [0.25, 0.3) is 0 Å². The topological polar surface area (TPSA) is 95.9 Å². The Labute approximate surface area is 154 Å². The number of nitrogens with zero attached hydrogens (tertiary/aromatic N) is 1. The first-order chi connectivity index (χ1) is 12.4. The van der Waals surface area contributed by atoms with Crippen LogP contribution < -0.4 is 15.0 Å². The maximum absolute atomic E-state index is 12.7. The molecule has 0 spiro atoms. The number of halogens is 1. The summed E-state index contributed by atoms with van der Waals surface area (Å²) in [5.74, 6) is -1.49. The fraction of sp³-hybridized carbons (Fsp3) is 0.167. The molecule has 1 fully saturated rings. The van der Waals surface area contributed by atoms with Crippen molar-refractivity contribution in [1.82, 2.24) is 0 Å². The molecule has 2 aromatic rings. The lowest BCUT2D eigenvalue weighted by atomic mass is 10.2. The highest BCUT2D eigenvalue weighted by atomic mass is 35.5. The van der Waals surface area contributed by atoms with Crippen LogP contribution in [0.2, 0.25) is 5.02 Å². The molecule has 8 heteroatoms. The van der Waals surface area contributed by atoms with Gasteiger partial charge in [-0.15, -0.1) is 0 Å². The zero-order valence-corrected chi connectivity index (χ0v) is 14.5. The fourth-order valence-electron chi connectivity index (χ4n) is 2.75. The molecule has 0 bridgehead atoms. The molecule has 0 aromatic heterocycles. The Balaban J connectivity index is 1.83. The first-order valence-electron chi connectivity index (χ1n) is 7.71. The van der Waals surface area contributed by atoms with E-state index in [9.17, 15) is 14.4 Å². The second-order valence-corrected chi connectivity index (χ2v) is 6.10. The number of hydrogen-bond donors (Lipinski definition) is 2. The van der Waals surface area contributed by atoms with Crippen molar-refractivity contribution >= 4 is 40.8 Å². The van der Waals surface area contributed by atoms with Gasteiger partial charge in [0, 0.05) is 10.7 Å². The minimum atomic E-state index is -1.04. The van der Waals surface area contributed by atoms with Crippen molar-refractivity contribution in [2.45, 2.75) is 12.5 Å². The molecule has 1 aliphatic heterocycles. The van der Waals surface area contributed by atoms with Gasteiger partial charge in [-0.2, -0.15) is 0 Å². The lowest BCUT2D eigenvalue weighted by Gasteiger charge is -2.19. The van der Waals surface area contributed by atoms with Crippen LogP contribution >= 0.6 is 11.6 Å². The van der Waals surface area contributed by atoms with E-state index in [2.05, 4.69) is 5.32 Å². The summed E-state index contributed by atoms with van der Waals surface area (Å²) in [6.07, 6.45) is -0.0326. The molecule has 1 aliphatic rings. The molecule has 0 radical (unpaired) electrons. The normalized spacial score (nSPS) is 16.7. The largest absolute Gasteiger partial charge is 0.495 e. The van der Waals surface area contributed by atoms with Gasteiger partial charge in [-0.1, -0.05) is 11.6 Å². The molecule has 7 nitrogen and oxygen atoms in total. The molecule has 0 saturated carbocycles. The van der Waals surface area contributed by atoms with Gasteiger partial charge >= 0.3 is 5.97 Å². The van der Waals surface area contributed by atoms with E-state index < -0.39 is 17.9 Å². The van der Waals surface area contributed by atoms with Gasteiger partial charge in [0.1, 0.15) is 11.8 Å². The van der Waals surface area contributed by atoms with Crippen molar-refractivity contribution in [1.29, 1.82) is 0 Å². The number of carbonyl (C=O) groups is 3. The number of carboxylic acid groups (broad SMARTS) is 1. The molecular weight excluding hydrogens is 360 g/mol. The third-order valence-corrected chi connectivity index (χ3v) is 4.24. The number of benzene rings is 2. The van der Waals surface area contributed by atoms with Gasteiger partial charge in [-0.05, 0) is 42.5 Å². The van der Waals surface area contributed by atoms with Crippen LogP contribution in [0, 0.1) is 0 Å². The highest BCUT2D eigenvalue weighted by Gasteiger charge is 2.40. The summed E-state index contributed by atoms with van der Waals surface area (Å²) >= 11 is 5.99. The zero-order chi connectivity index (χ0) is 18.8. The number of anilines is 2. The number of ether oxygens (including phenoxy) is 1. The number of aromatic carboxylic acids is 1. The number of amides is 2. The van der Waals surface area contributed by atoms with Crippen molar-refractivity contribution in [2.24, 2.45) is 0 Å². The molecule has 1 saturated heterocycles. The van der Waals surface area contributed by atoms with Crippen LogP contribution in [0.1, 0.15) is 16.8 Å². The molecular formula is C18H15ClN2O5. The second kappa shape index (κ2) is 7.05. The summed E-state index contributed by atoms with van der Waals surface area (Å²) in [5, 5.41) is 12.3. The molecule has 26 heavy (non-hydrogen) atoms. The van der Waals surface area contributed by atoms with Crippen molar-refractivity contribution < 1.29 is 24.2 Å². The number of nitrogens with one attached hydrogen (secondary N) is 1. The van der Waals surface area contributed by atoms with Crippen LogP contribution in [0.3, 0.4) is 0 Å². The molecule has 2 N–H and O–H groups in total. The van der Waals surface area contributed by atoms with Gasteiger partial charge in [0.15, 0.2) is 0 Å². The standard InChI is InChI=1S/C18H15ClN2O5/c1-26-15-7-4-11(19)8-14(15)21-16(22)9-13(17(21)23)20-12-5-2-10(3-6-12)18(24)25/h2-8,13,20H,9H2,1H3,(H,24,25). The predicted octanol–water partition coefficient (Wildman–Crippen LogP) is 2.79. The molecule has 1 heterocycles. The van der Waals surface area contributed by atoms with E-state index in [0.29, 0.717) is 22.1 Å². The average Bonchev–Trinajstić information content (AvgIpc) is 2.89. The Kier molecular flexibility index (Phi) is 4.81. The monoisotopic (exact) mass is 374 g/mol. The van der Waals surface area contributed by atoms with E-state index in [1.165, 1.54) is 25.3 Å². The van der Waals surface area contributed by atoms with Crippen LogP contribution in [0.15, 0.2) is 42.5 Å². The Hall–Kier alpha value is -3.06. The Bertz CT molecular complexity index is 882. The van der Waals surface area contributed by atoms with Gasteiger partial charge in [-0.25, -0.2) is 9.69 Å². The Morgan fingerprint density at radius 1 is 1.23 bits per heavy atom. The van der Waals surface area contributed by atoms with Crippen molar-refractivity contribution in [3.63, 3.8) is 0 Å². The summed E-state index contributed by atoms with van der Waals surface area (Å²) in [4.78, 5) is 37.1. The third-order valence-electron chi connectivity index (χ3n) is 4.00. The smallest absolute Gasteiger partial charge is 0.335 e. The molecule has 2 aromatic carbocycles. The maximum Gasteiger partial charge on any atom is 0.335 e. The quantitative estimate of drug-likeness (QED) is 0.781. The number of carbonyl (C=O) groups excluding carboxylic acids is 2. The minimum absolute atomic E-state index is 0.0326. The number of carboxylic acids is 1. The maximum atomic E-state index is 12.7. The van der Waals surface area contributed by atoms with E-state index >= 15 is 0 Å². The first kappa shape index (κ1) is 17.8. The van der Waals surface area contributed by atoms with E-state index in [-0.39, 0.29) is 17.9 Å². The molecule has 2 amide bonds. The molecule has 1 unspecified atom stereocenters. The number of imide groups is 1. The lowest BCUT2D eigenvalue weighted by molar-refractivity contribution is -0.121. The highest BCUT2D eigenvalue weighted by molar-refractivity contribution is 6.31. The molecule has 134 valence electrons. The van der Waals surface area contributed by atoms with Crippen LogP contribution in [0.5, 0.6) is 5.75 Å². The van der Waals surface area contributed by atoms with Crippen LogP contribution in [-0.4, -0.2) is 36.0 Å². The second-order valence-electron chi connectivity index (χ2n) is 5.67. The minimum Gasteiger partial charge on any atom is -0.495 e. The van der Waals surface area contributed by atoms with E-state index in [1.807, 2.05) is 0 Å². The van der Waals surface area contributed by atoms with Crippen LogP contribution in [-0.2, 0) is 9.59 Å². The van der Waals surface area contributed by atoms with Gasteiger partial charge < -0.3 is 15.2 Å². The fourth-order valence-corrected chi connectivity index (χ4v) is 2.91. The van der Waals surface area contributed by atoms with Crippen molar-refractivity contribution in [2.75, 3.05) is 17.3 Å². The van der Waals surface area contributed by atoms with Crippen molar-refractivity contribution in [3.05, 3.63) is 53.1 Å².